The zero-order valence-corrected chi connectivity index (χ0v) is 12.2. The second-order valence-corrected chi connectivity index (χ2v) is 5.10. The second-order valence-electron chi connectivity index (χ2n) is 5.10. The molecule has 0 unspecified atom stereocenters. The highest BCUT2D eigenvalue weighted by Crippen LogP contribution is 2.26. The van der Waals surface area contributed by atoms with Crippen LogP contribution >= 0.6 is 0 Å². The quantitative estimate of drug-likeness (QED) is 0.640. The Balaban J connectivity index is 1.75. The summed E-state index contributed by atoms with van der Waals surface area (Å²) < 4.78 is 0. The molecule has 0 atom stereocenters. The number of carbonyl (C=O) groups excluding carboxylic acids is 1. The molecule has 23 heavy (non-hydrogen) atoms. The lowest BCUT2D eigenvalue weighted by Gasteiger charge is -2.07. The Morgan fingerprint density at radius 3 is 2.04 bits per heavy atom. The van der Waals surface area contributed by atoms with Crippen molar-refractivity contribution < 1.29 is 15.0 Å². The van der Waals surface area contributed by atoms with Crippen molar-refractivity contribution in [2.24, 2.45) is 0 Å². The number of hydrogen-bond acceptors (Lipinski definition) is 3. The summed E-state index contributed by atoms with van der Waals surface area (Å²) in [4.78, 5) is 12.1. The summed E-state index contributed by atoms with van der Waals surface area (Å²) in [6.45, 7) is 0. The SMILES string of the molecule is O=C(Nc1ccc(-c2ccccc2)cc1)c1ccc(O)c(O)c1. The van der Waals surface area contributed by atoms with Crippen molar-refractivity contribution in [3.63, 3.8) is 0 Å². The van der Waals surface area contributed by atoms with E-state index in [0.29, 0.717) is 5.69 Å². The highest BCUT2D eigenvalue weighted by molar-refractivity contribution is 6.04. The van der Waals surface area contributed by atoms with Crippen LogP contribution in [0.4, 0.5) is 5.69 Å². The van der Waals surface area contributed by atoms with Gasteiger partial charge in [0.2, 0.25) is 0 Å². The molecule has 0 aromatic heterocycles. The van der Waals surface area contributed by atoms with Gasteiger partial charge in [-0.15, -0.1) is 0 Å². The van der Waals surface area contributed by atoms with E-state index in [0.717, 1.165) is 11.1 Å². The van der Waals surface area contributed by atoms with E-state index in [9.17, 15) is 15.0 Å². The number of anilines is 1. The van der Waals surface area contributed by atoms with Gasteiger partial charge in [-0.3, -0.25) is 4.79 Å². The van der Waals surface area contributed by atoms with E-state index in [4.69, 9.17) is 0 Å². The van der Waals surface area contributed by atoms with E-state index in [1.807, 2.05) is 54.6 Å². The third-order valence-corrected chi connectivity index (χ3v) is 3.49. The maximum Gasteiger partial charge on any atom is 0.255 e. The van der Waals surface area contributed by atoms with E-state index in [2.05, 4.69) is 5.32 Å². The molecular weight excluding hydrogens is 290 g/mol. The number of nitrogens with one attached hydrogen (secondary N) is 1. The minimum atomic E-state index is -0.354. The number of carbonyl (C=O) groups is 1. The van der Waals surface area contributed by atoms with Crippen LogP contribution in [0.15, 0.2) is 72.8 Å². The van der Waals surface area contributed by atoms with Crippen LogP contribution < -0.4 is 5.32 Å². The molecule has 4 nitrogen and oxygen atoms in total. The van der Waals surface area contributed by atoms with E-state index < -0.39 is 0 Å². The maximum atomic E-state index is 12.1. The third kappa shape index (κ3) is 3.32. The van der Waals surface area contributed by atoms with E-state index in [1.54, 1.807) is 0 Å². The first-order valence-corrected chi connectivity index (χ1v) is 7.12. The summed E-state index contributed by atoms with van der Waals surface area (Å²) >= 11 is 0. The van der Waals surface area contributed by atoms with Crippen molar-refractivity contribution in [1.82, 2.24) is 0 Å². The Bertz CT molecular complexity index is 827. The van der Waals surface area contributed by atoms with E-state index in [-0.39, 0.29) is 23.0 Å². The molecule has 0 spiro atoms. The molecule has 0 saturated heterocycles. The van der Waals surface area contributed by atoms with Crippen LogP contribution in [0.5, 0.6) is 11.5 Å². The lowest BCUT2D eigenvalue weighted by molar-refractivity contribution is 0.102. The van der Waals surface area contributed by atoms with Crippen LogP contribution in [-0.2, 0) is 0 Å². The fourth-order valence-corrected chi connectivity index (χ4v) is 2.24. The van der Waals surface area contributed by atoms with Crippen molar-refractivity contribution in [3.8, 4) is 22.6 Å². The van der Waals surface area contributed by atoms with Crippen LogP contribution in [0.2, 0.25) is 0 Å². The zero-order valence-electron chi connectivity index (χ0n) is 12.2. The topological polar surface area (TPSA) is 69.6 Å². The molecule has 0 aliphatic carbocycles. The van der Waals surface area contributed by atoms with Crippen molar-refractivity contribution in [2.45, 2.75) is 0 Å². The smallest absolute Gasteiger partial charge is 0.255 e. The van der Waals surface area contributed by atoms with Crippen LogP contribution in [0.25, 0.3) is 11.1 Å². The molecule has 0 aliphatic rings. The first-order chi connectivity index (χ1) is 11.1. The minimum absolute atomic E-state index is 0.256. The van der Waals surface area contributed by atoms with Crippen LogP contribution in [0.1, 0.15) is 10.4 Å². The first kappa shape index (κ1) is 14.7. The Labute approximate surface area is 133 Å². The predicted octanol–water partition coefficient (Wildman–Crippen LogP) is 4.02. The van der Waals surface area contributed by atoms with Gasteiger partial charge in [-0.1, -0.05) is 42.5 Å². The maximum absolute atomic E-state index is 12.1. The largest absolute Gasteiger partial charge is 0.504 e. The number of phenols is 2. The van der Waals surface area contributed by atoms with Gasteiger partial charge >= 0.3 is 0 Å². The predicted molar refractivity (Wildman–Crippen MR) is 89.6 cm³/mol. The number of benzene rings is 3. The van der Waals surface area contributed by atoms with Gasteiger partial charge < -0.3 is 15.5 Å². The van der Waals surface area contributed by atoms with Gasteiger partial charge in [-0.25, -0.2) is 0 Å². The number of rotatable bonds is 3. The second kappa shape index (κ2) is 6.23. The molecule has 3 aromatic rings. The summed E-state index contributed by atoms with van der Waals surface area (Å²) in [5.41, 5.74) is 3.09. The molecular formula is C19H15NO3. The lowest BCUT2D eigenvalue weighted by Crippen LogP contribution is -2.11. The molecule has 0 radical (unpaired) electrons. The Hall–Kier alpha value is -3.27. The zero-order chi connectivity index (χ0) is 16.2. The molecule has 0 fully saturated rings. The molecule has 0 heterocycles. The standard InChI is InChI=1S/C19H15NO3/c21-17-11-8-15(12-18(17)22)19(23)20-16-9-6-14(7-10-16)13-4-2-1-3-5-13/h1-12,21-22H,(H,20,23). The fraction of sp³-hybridized carbons (Fsp3) is 0. The molecule has 3 rings (SSSR count). The molecule has 0 aliphatic heterocycles. The molecule has 1 amide bonds. The Morgan fingerprint density at radius 2 is 1.39 bits per heavy atom. The summed E-state index contributed by atoms with van der Waals surface area (Å²) in [7, 11) is 0. The van der Waals surface area contributed by atoms with Gasteiger partial charge in [-0.05, 0) is 41.5 Å². The van der Waals surface area contributed by atoms with Gasteiger partial charge in [0, 0.05) is 11.3 Å². The molecule has 114 valence electrons. The summed E-state index contributed by atoms with van der Waals surface area (Å²) in [6.07, 6.45) is 0. The molecule has 0 saturated carbocycles. The van der Waals surface area contributed by atoms with Crippen molar-refractivity contribution in [1.29, 1.82) is 0 Å². The fourth-order valence-electron chi connectivity index (χ4n) is 2.24. The summed E-state index contributed by atoms with van der Waals surface area (Å²) in [5.74, 6) is -0.932. The number of aromatic hydroxyl groups is 2. The highest BCUT2D eigenvalue weighted by atomic mass is 16.3. The number of amides is 1. The monoisotopic (exact) mass is 305 g/mol. The van der Waals surface area contributed by atoms with Crippen molar-refractivity contribution in [3.05, 3.63) is 78.4 Å². The summed E-state index contributed by atoms with van der Waals surface area (Å²) in [5, 5.41) is 21.5. The van der Waals surface area contributed by atoms with Gasteiger partial charge in [0.1, 0.15) is 0 Å². The van der Waals surface area contributed by atoms with Crippen LogP contribution in [0, 0.1) is 0 Å². The minimum Gasteiger partial charge on any atom is -0.504 e. The highest BCUT2D eigenvalue weighted by Gasteiger charge is 2.09. The van der Waals surface area contributed by atoms with E-state index >= 15 is 0 Å². The van der Waals surface area contributed by atoms with Gasteiger partial charge in [0.05, 0.1) is 0 Å². The third-order valence-electron chi connectivity index (χ3n) is 3.49. The van der Waals surface area contributed by atoms with Crippen LogP contribution in [0.3, 0.4) is 0 Å². The Kier molecular flexibility index (Phi) is 3.97. The Morgan fingerprint density at radius 1 is 0.739 bits per heavy atom. The molecule has 3 aromatic carbocycles. The van der Waals surface area contributed by atoms with Crippen molar-refractivity contribution >= 4 is 11.6 Å². The molecule has 4 heteroatoms. The normalized spacial score (nSPS) is 10.3. The molecule has 3 N–H and O–H groups in total. The summed E-state index contributed by atoms with van der Waals surface area (Å²) in [6, 6.07) is 21.4. The first-order valence-electron chi connectivity index (χ1n) is 7.12. The average molecular weight is 305 g/mol. The average Bonchev–Trinajstić information content (AvgIpc) is 2.59. The van der Waals surface area contributed by atoms with Gasteiger partial charge in [-0.2, -0.15) is 0 Å². The van der Waals surface area contributed by atoms with Gasteiger partial charge in [0.15, 0.2) is 11.5 Å². The van der Waals surface area contributed by atoms with Crippen molar-refractivity contribution in [2.75, 3.05) is 5.32 Å². The number of phenolic OH excluding ortho intramolecular Hbond substituents is 2. The van der Waals surface area contributed by atoms with E-state index in [1.165, 1.54) is 18.2 Å². The lowest BCUT2D eigenvalue weighted by atomic mass is 10.1. The van der Waals surface area contributed by atoms with Crippen LogP contribution in [-0.4, -0.2) is 16.1 Å². The number of hydrogen-bond donors (Lipinski definition) is 3. The molecule has 0 bridgehead atoms. The van der Waals surface area contributed by atoms with Gasteiger partial charge in [0.25, 0.3) is 5.91 Å².